The molecule has 1 aromatic rings. The highest BCUT2D eigenvalue weighted by Crippen LogP contribution is 2.24. The van der Waals surface area contributed by atoms with Crippen LogP contribution < -0.4 is 9.80 Å². The number of amides is 2. The number of aromatic nitrogens is 2. The first kappa shape index (κ1) is 17.7. The van der Waals surface area contributed by atoms with Gasteiger partial charge in [-0.3, -0.25) is 14.5 Å². The quantitative estimate of drug-likeness (QED) is 0.741. The van der Waals surface area contributed by atoms with Gasteiger partial charge in [-0.1, -0.05) is 0 Å². The maximum atomic E-state index is 12.5. The van der Waals surface area contributed by atoms with Gasteiger partial charge in [-0.05, 0) is 19.3 Å². The molecule has 2 aliphatic rings. The Balaban J connectivity index is 1.75. The van der Waals surface area contributed by atoms with Gasteiger partial charge >= 0.3 is 0 Å². The van der Waals surface area contributed by atoms with Crippen molar-refractivity contribution in [1.29, 1.82) is 0 Å². The summed E-state index contributed by atoms with van der Waals surface area (Å²) in [5.41, 5.74) is 0.616. The third-order valence-electron chi connectivity index (χ3n) is 4.64. The number of carbonyl (C=O) groups excluding carboxylic acids is 2. The van der Waals surface area contributed by atoms with Gasteiger partial charge in [-0.25, -0.2) is 18.4 Å². The van der Waals surface area contributed by atoms with Crippen LogP contribution in [0.2, 0.25) is 0 Å². The maximum absolute atomic E-state index is 12.5. The predicted octanol–water partition coefficient (Wildman–Crippen LogP) is -0.00980. The van der Waals surface area contributed by atoms with E-state index in [1.807, 2.05) is 0 Å². The van der Waals surface area contributed by atoms with Crippen LogP contribution in [0.15, 0.2) is 12.4 Å². The molecule has 3 rings (SSSR count). The minimum absolute atomic E-state index is 0.0506. The van der Waals surface area contributed by atoms with E-state index >= 15 is 0 Å². The van der Waals surface area contributed by atoms with Crippen molar-refractivity contribution in [1.82, 2.24) is 14.3 Å². The van der Waals surface area contributed by atoms with E-state index in [0.29, 0.717) is 31.6 Å². The summed E-state index contributed by atoms with van der Waals surface area (Å²) in [7, 11) is -2.06. The van der Waals surface area contributed by atoms with Crippen LogP contribution >= 0.6 is 0 Å². The van der Waals surface area contributed by atoms with Crippen LogP contribution in [-0.2, 0) is 19.6 Å². The molecule has 2 amide bonds. The number of carbonyl (C=O) groups is 2. The van der Waals surface area contributed by atoms with Gasteiger partial charge in [0, 0.05) is 26.6 Å². The van der Waals surface area contributed by atoms with Crippen LogP contribution in [0.25, 0.3) is 0 Å². The highest BCUT2D eigenvalue weighted by atomic mass is 32.2. The molecule has 2 fully saturated rings. The van der Waals surface area contributed by atoms with Crippen LogP contribution in [0.3, 0.4) is 0 Å². The number of rotatable bonds is 4. The van der Waals surface area contributed by atoms with Crippen molar-refractivity contribution in [2.24, 2.45) is 0 Å². The second-order valence-electron chi connectivity index (χ2n) is 6.32. The monoisotopic (exact) mass is 367 g/mol. The first-order valence-corrected chi connectivity index (χ1v) is 10.0. The molecule has 0 saturated carbocycles. The summed E-state index contributed by atoms with van der Waals surface area (Å²) in [5, 5.41) is 0. The number of piperidine rings is 1. The molecular formula is C15H21N5O4S. The van der Waals surface area contributed by atoms with Gasteiger partial charge in [-0.15, -0.1) is 0 Å². The lowest BCUT2D eigenvalue weighted by atomic mass is 10.1. The Kier molecular flexibility index (Phi) is 4.74. The zero-order valence-electron chi connectivity index (χ0n) is 14.3. The van der Waals surface area contributed by atoms with Crippen molar-refractivity contribution < 1.29 is 18.0 Å². The molecule has 1 aromatic heterocycles. The minimum Gasteiger partial charge on any atom is -0.310 e. The van der Waals surface area contributed by atoms with E-state index in [0.717, 1.165) is 23.4 Å². The first-order chi connectivity index (χ1) is 11.8. The fourth-order valence-electron chi connectivity index (χ4n) is 3.10. The van der Waals surface area contributed by atoms with Crippen molar-refractivity contribution in [3.05, 3.63) is 12.4 Å². The SMILES string of the molecule is CN(C1CCN(c2ncc(N3CCCCC3=O)cn2)C1=O)S(C)(=O)=O. The average Bonchev–Trinajstić information content (AvgIpc) is 2.95. The zero-order chi connectivity index (χ0) is 18.2. The first-order valence-electron chi connectivity index (χ1n) is 8.16. The zero-order valence-corrected chi connectivity index (χ0v) is 15.1. The summed E-state index contributed by atoms with van der Waals surface area (Å²) < 4.78 is 24.4. The van der Waals surface area contributed by atoms with E-state index in [4.69, 9.17) is 0 Å². The highest BCUT2D eigenvalue weighted by Gasteiger charge is 2.39. The summed E-state index contributed by atoms with van der Waals surface area (Å²) in [6.07, 6.45) is 6.89. The molecule has 0 spiro atoms. The lowest BCUT2D eigenvalue weighted by Gasteiger charge is -2.26. The average molecular weight is 367 g/mol. The molecule has 0 bridgehead atoms. The van der Waals surface area contributed by atoms with Gasteiger partial charge in [-0.2, -0.15) is 4.31 Å². The maximum Gasteiger partial charge on any atom is 0.247 e. The van der Waals surface area contributed by atoms with Crippen LogP contribution in [0.4, 0.5) is 11.6 Å². The summed E-state index contributed by atoms with van der Waals surface area (Å²) in [4.78, 5) is 35.9. The predicted molar refractivity (Wildman–Crippen MR) is 91.6 cm³/mol. The van der Waals surface area contributed by atoms with Crippen molar-refractivity contribution in [3.8, 4) is 0 Å². The van der Waals surface area contributed by atoms with Gasteiger partial charge in [0.25, 0.3) is 0 Å². The third kappa shape index (κ3) is 3.49. The number of nitrogens with zero attached hydrogens (tertiary/aromatic N) is 5. The summed E-state index contributed by atoms with van der Waals surface area (Å²) in [6, 6.07) is -0.734. The summed E-state index contributed by atoms with van der Waals surface area (Å²) in [5.74, 6) is -0.0629. The van der Waals surface area contributed by atoms with E-state index in [2.05, 4.69) is 9.97 Å². The molecule has 9 nitrogen and oxygen atoms in total. The molecule has 1 unspecified atom stereocenters. The van der Waals surface area contributed by atoms with Gasteiger partial charge in [0.2, 0.25) is 27.8 Å². The number of likely N-dealkylation sites (N-methyl/N-ethyl adjacent to an activating group) is 1. The number of hydrogen-bond acceptors (Lipinski definition) is 6. The Labute approximate surface area is 146 Å². The van der Waals surface area contributed by atoms with Crippen molar-refractivity contribution >= 4 is 33.5 Å². The molecule has 2 aliphatic heterocycles. The molecule has 0 aliphatic carbocycles. The smallest absolute Gasteiger partial charge is 0.247 e. The Morgan fingerprint density at radius 1 is 1.12 bits per heavy atom. The fraction of sp³-hybridized carbons (Fsp3) is 0.600. The molecule has 25 heavy (non-hydrogen) atoms. The molecule has 3 heterocycles. The van der Waals surface area contributed by atoms with Crippen molar-refractivity contribution in [2.45, 2.75) is 31.7 Å². The van der Waals surface area contributed by atoms with Gasteiger partial charge < -0.3 is 4.90 Å². The largest absolute Gasteiger partial charge is 0.310 e. The Bertz CT molecular complexity index is 780. The Hall–Kier alpha value is -2.07. The number of sulfonamides is 1. The van der Waals surface area contributed by atoms with Gasteiger partial charge in [0.1, 0.15) is 6.04 Å². The van der Waals surface area contributed by atoms with Crippen molar-refractivity contribution in [2.75, 3.05) is 36.2 Å². The standard InChI is InChI=1S/C15H21N5O4S/c1-18(25(2,23)24)12-6-8-20(14(12)22)15-16-9-11(10-17-15)19-7-4-3-5-13(19)21/h9-10,12H,3-8H2,1-2H3. The van der Waals surface area contributed by atoms with E-state index < -0.39 is 16.1 Å². The van der Waals surface area contributed by atoms with Crippen molar-refractivity contribution in [3.63, 3.8) is 0 Å². The van der Waals surface area contributed by atoms with Crippen LogP contribution in [0.1, 0.15) is 25.7 Å². The summed E-state index contributed by atoms with van der Waals surface area (Å²) in [6.45, 7) is 0.997. The molecular weight excluding hydrogens is 346 g/mol. The Morgan fingerprint density at radius 3 is 2.40 bits per heavy atom. The van der Waals surface area contributed by atoms with E-state index in [-0.39, 0.29) is 17.8 Å². The number of hydrogen-bond donors (Lipinski definition) is 0. The Morgan fingerprint density at radius 2 is 1.80 bits per heavy atom. The second kappa shape index (κ2) is 6.68. The normalized spacial score (nSPS) is 22.1. The lowest BCUT2D eigenvalue weighted by Crippen LogP contribution is -2.42. The lowest BCUT2D eigenvalue weighted by molar-refractivity contribution is -0.120. The molecule has 0 aromatic carbocycles. The third-order valence-corrected chi connectivity index (χ3v) is 5.94. The molecule has 0 radical (unpaired) electrons. The molecule has 2 saturated heterocycles. The number of anilines is 2. The van der Waals surface area contributed by atoms with Gasteiger partial charge in [0.15, 0.2) is 0 Å². The molecule has 10 heteroatoms. The van der Waals surface area contributed by atoms with Crippen LogP contribution in [0, 0.1) is 0 Å². The highest BCUT2D eigenvalue weighted by molar-refractivity contribution is 7.88. The summed E-state index contributed by atoms with van der Waals surface area (Å²) >= 11 is 0. The van der Waals surface area contributed by atoms with Crippen LogP contribution in [0.5, 0.6) is 0 Å². The molecule has 136 valence electrons. The second-order valence-corrected chi connectivity index (χ2v) is 8.36. The molecule has 1 atom stereocenters. The van der Waals surface area contributed by atoms with Crippen LogP contribution in [-0.4, -0.2) is 66.9 Å². The minimum atomic E-state index is -3.45. The molecule has 0 N–H and O–H groups in total. The topological polar surface area (TPSA) is 104 Å². The van der Waals surface area contributed by atoms with E-state index in [1.165, 1.54) is 24.3 Å². The fourth-order valence-corrected chi connectivity index (χ4v) is 3.76. The van der Waals surface area contributed by atoms with E-state index in [9.17, 15) is 18.0 Å². The van der Waals surface area contributed by atoms with Gasteiger partial charge in [0.05, 0.1) is 24.3 Å². The van der Waals surface area contributed by atoms with E-state index in [1.54, 1.807) is 4.90 Å².